The van der Waals surface area contributed by atoms with Crippen LogP contribution in [0.2, 0.25) is 0 Å². The Morgan fingerprint density at radius 1 is 1.38 bits per heavy atom. The van der Waals surface area contributed by atoms with Crippen molar-refractivity contribution >= 4 is 17.7 Å². The lowest BCUT2D eigenvalue weighted by Crippen LogP contribution is -2.33. The molecule has 128 valence electrons. The van der Waals surface area contributed by atoms with Crippen molar-refractivity contribution in [3.8, 4) is 11.4 Å². The van der Waals surface area contributed by atoms with E-state index in [9.17, 15) is 9.18 Å². The zero-order chi connectivity index (χ0) is 17.1. The van der Waals surface area contributed by atoms with E-state index in [0.717, 1.165) is 19.4 Å². The van der Waals surface area contributed by atoms with E-state index in [4.69, 9.17) is 5.84 Å². The normalized spacial score (nSPS) is 17.4. The molecular weight excluding hydrogens is 329 g/mol. The van der Waals surface area contributed by atoms with Gasteiger partial charge in [0, 0.05) is 30.3 Å². The molecular formula is C16H20FN5OS. The molecule has 2 heterocycles. The first-order valence-corrected chi connectivity index (χ1v) is 8.93. The summed E-state index contributed by atoms with van der Waals surface area (Å²) in [6.07, 6.45) is 2.61. The molecule has 1 amide bonds. The quantitative estimate of drug-likeness (QED) is 0.662. The number of halogens is 1. The zero-order valence-electron chi connectivity index (χ0n) is 13.5. The van der Waals surface area contributed by atoms with Crippen LogP contribution in [0, 0.1) is 5.82 Å². The Morgan fingerprint density at radius 2 is 2.12 bits per heavy atom. The minimum absolute atomic E-state index is 0.175. The third-order valence-corrected chi connectivity index (χ3v) is 5.13. The molecule has 1 fully saturated rings. The predicted octanol–water partition coefficient (Wildman–Crippen LogP) is 2.29. The summed E-state index contributed by atoms with van der Waals surface area (Å²) in [6, 6.07) is 6.26. The first-order chi connectivity index (χ1) is 11.6. The third kappa shape index (κ3) is 3.53. The number of nitrogen functional groups attached to an aromatic ring is 1. The highest BCUT2D eigenvalue weighted by atomic mass is 32.2. The maximum Gasteiger partial charge on any atom is 0.223 e. The van der Waals surface area contributed by atoms with E-state index in [1.165, 1.54) is 28.6 Å². The van der Waals surface area contributed by atoms with Gasteiger partial charge in [-0.1, -0.05) is 11.8 Å². The molecule has 2 aromatic rings. The second kappa shape index (κ2) is 7.21. The number of nitrogens with two attached hydrogens (primary N) is 1. The second-order valence-corrected chi connectivity index (χ2v) is 6.92. The van der Waals surface area contributed by atoms with E-state index < -0.39 is 0 Å². The minimum Gasteiger partial charge on any atom is -0.340 e. The molecule has 6 nitrogen and oxygen atoms in total. The van der Waals surface area contributed by atoms with Gasteiger partial charge in [-0.25, -0.2) is 9.07 Å². The molecule has 1 aliphatic rings. The highest BCUT2D eigenvalue weighted by Crippen LogP contribution is 2.23. The van der Waals surface area contributed by atoms with Crippen LogP contribution in [0.5, 0.6) is 0 Å². The Balaban J connectivity index is 1.58. The first kappa shape index (κ1) is 16.8. The SMILES string of the molecule is C[C@@H]1CCCN1C(=O)CCSc1nnc(-c2ccc(F)cc2)n1N. The van der Waals surface area contributed by atoms with Crippen molar-refractivity contribution in [2.45, 2.75) is 37.4 Å². The molecule has 1 aromatic heterocycles. The molecule has 8 heteroatoms. The van der Waals surface area contributed by atoms with E-state index in [-0.39, 0.29) is 11.7 Å². The third-order valence-electron chi connectivity index (χ3n) is 4.19. The van der Waals surface area contributed by atoms with Gasteiger partial charge in [-0.2, -0.15) is 0 Å². The molecule has 0 saturated carbocycles. The van der Waals surface area contributed by atoms with Crippen LogP contribution >= 0.6 is 11.8 Å². The molecule has 1 aromatic carbocycles. The molecule has 0 bridgehead atoms. The van der Waals surface area contributed by atoms with Gasteiger partial charge in [0.05, 0.1) is 0 Å². The molecule has 1 atom stereocenters. The van der Waals surface area contributed by atoms with Crippen LogP contribution in [0.1, 0.15) is 26.2 Å². The average Bonchev–Trinajstić information content (AvgIpc) is 3.15. The standard InChI is InChI=1S/C16H20FN5OS/c1-11-3-2-9-21(11)14(23)8-10-24-16-20-19-15(22(16)18)12-4-6-13(17)7-5-12/h4-7,11H,2-3,8-10,18H2,1H3/t11-/m1/s1. The summed E-state index contributed by atoms with van der Waals surface area (Å²) in [5.74, 6) is 6.95. The van der Waals surface area contributed by atoms with E-state index >= 15 is 0 Å². The number of benzene rings is 1. The maximum absolute atomic E-state index is 13.0. The van der Waals surface area contributed by atoms with Crippen LogP contribution in [-0.4, -0.2) is 44.0 Å². The fourth-order valence-corrected chi connectivity index (χ4v) is 3.63. The van der Waals surface area contributed by atoms with Gasteiger partial charge in [-0.3, -0.25) is 4.79 Å². The average molecular weight is 349 g/mol. The van der Waals surface area contributed by atoms with E-state index in [1.54, 1.807) is 12.1 Å². The summed E-state index contributed by atoms with van der Waals surface area (Å²) in [5, 5.41) is 8.65. The molecule has 0 radical (unpaired) electrons. The van der Waals surface area contributed by atoms with E-state index in [2.05, 4.69) is 17.1 Å². The number of aromatic nitrogens is 3. The van der Waals surface area contributed by atoms with Crippen molar-refractivity contribution in [2.24, 2.45) is 0 Å². The Kier molecular flexibility index (Phi) is 5.03. The highest BCUT2D eigenvalue weighted by Gasteiger charge is 2.24. The summed E-state index contributed by atoms with van der Waals surface area (Å²) in [5.41, 5.74) is 0.695. The van der Waals surface area contributed by atoms with Crippen LogP contribution in [0.4, 0.5) is 4.39 Å². The molecule has 24 heavy (non-hydrogen) atoms. The van der Waals surface area contributed by atoms with Crippen molar-refractivity contribution in [2.75, 3.05) is 18.1 Å². The second-order valence-electron chi connectivity index (χ2n) is 5.86. The summed E-state index contributed by atoms with van der Waals surface area (Å²) < 4.78 is 14.4. The van der Waals surface area contributed by atoms with Gasteiger partial charge in [0.1, 0.15) is 5.82 Å². The fourth-order valence-electron chi connectivity index (χ4n) is 2.85. The van der Waals surface area contributed by atoms with Gasteiger partial charge < -0.3 is 10.7 Å². The molecule has 0 spiro atoms. The lowest BCUT2D eigenvalue weighted by molar-refractivity contribution is -0.131. The number of nitrogens with zero attached hydrogens (tertiary/aromatic N) is 4. The molecule has 3 rings (SSSR count). The predicted molar refractivity (Wildman–Crippen MR) is 91.3 cm³/mol. The van der Waals surface area contributed by atoms with Crippen LogP contribution in [0.15, 0.2) is 29.4 Å². The summed E-state index contributed by atoms with van der Waals surface area (Å²) in [7, 11) is 0. The fraction of sp³-hybridized carbons (Fsp3) is 0.438. The molecule has 1 aliphatic heterocycles. The van der Waals surface area contributed by atoms with Crippen molar-refractivity contribution < 1.29 is 9.18 Å². The summed E-state index contributed by atoms with van der Waals surface area (Å²) in [4.78, 5) is 14.1. The maximum atomic E-state index is 13.0. The van der Waals surface area contributed by atoms with Gasteiger partial charge in [0.2, 0.25) is 11.1 Å². The molecule has 2 N–H and O–H groups in total. The topological polar surface area (TPSA) is 77.0 Å². The Morgan fingerprint density at radius 3 is 2.79 bits per heavy atom. The number of likely N-dealkylation sites (tertiary alicyclic amines) is 1. The Bertz CT molecular complexity index is 718. The number of hydrogen-bond donors (Lipinski definition) is 1. The lowest BCUT2D eigenvalue weighted by Gasteiger charge is -2.21. The minimum atomic E-state index is -0.314. The van der Waals surface area contributed by atoms with Crippen molar-refractivity contribution in [1.82, 2.24) is 19.8 Å². The number of carbonyl (C=O) groups excluding carboxylic acids is 1. The van der Waals surface area contributed by atoms with Gasteiger partial charge >= 0.3 is 0 Å². The van der Waals surface area contributed by atoms with Crippen LogP contribution in [0.25, 0.3) is 11.4 Å². The van der Waals surface area contributed by atoms with E-state index in [1.807, 2.05) is 4.90 Å². The zero-order valence-corrected chi connectivity index (χ0v) is 14.3. The number of thioether (sulfide) groups is 1. The van der Waals surface area contributed by atoms with Crippen molar-refractivity contribution in [3.05, 3.63) is 30.1 Å². The number of hydrogen-bond acceptors (Lipinski definition) is 5. The summed E-state index contributed by atoms with van der Waals surface area (Å²) in [6.45, 7) is 2.94. The Hall–Kier alpha value is -2.09. The van der Waals surface area contributed by atoms with Crippen LogP contribution in [0.3, 0.4) is 0 Å². The molecule has 0 aliphatic carbocycles. The van der Waals surface area contributed by atoms with Crippen molar-refractivity contribution in [1.29, 1.82) is 0 Å². The van der Waals surface area contributed by atoms with Crippen molar-refractivity contribution in [3.63, 3.8) is 0 Å². The summed E-state index contributed by atoms with van der Waals surface area (Å²) >= 11 is 1.40. The van der Waals surface area contributed by atoms with Crippen LogP contribution in [-0.2, 0) is 4.79 Å². The van der Waals surface area contributed by atoms with Gasteiger partial charge in [0.15, 0.2) is 5.82 Å². The smallest absolute Gasteiger partial charge is 0.223 e. The molecule has 0 unspecified atom stereocenters. The van der Waals surface area contributed by atoms with E-state index in [0.29, 0.717) is 34.8 Å². The lowest BCUT2D eigenvalue weighted by atomic mass is 10.2. The number of amides is 1. The van der Waals surface area contributed by atoms with Crippen LogP contribution < -0.4 is 5.84 Å². The van der Waals surface area contributed by atoms with Gasteiger partial charge in [0.25, 0.3) is 0 Å². The Labute approximate surface area is 144 Å². The van der Waals surface area contributed by atoms with Gasteiger partial charge in [-0.05, 0) is 44.0 Å². The highest BCUT2D eigenvalue weighted by molar-refractivity contribution is 7.99. The number of rotatable bonds is 5. The number of carbonyl (C=O) groups is 1. The monoisotopic (exact) mass is 349 g/mol. The largest absolute Gasteiger partial charge is 0.340 e. The molecule has 1 saturated heterocycles. The first-order valence-electron chi connectivity index (χ1n) is 7.95. The van der Waals surface area contributed by atoms with Gasteiger partial charge in [-0.15, -0.1) is 10.2 Å².